The molecule has 1 atom stereocenters. The maximum absolute atomic E-state index is 5.27. The molecule has 3 heteroatoms. The summed E-state index contributed by atoms with van der Waals surface area (Å²) in [6.07, 6.45) is 0. The highest BCUT2D eigenvalue weighted by Crippen LogP contribution is 2.30. The van der Waals surface area contributed by atoms with Gasteiger partial charge in [0.2, 0.25) is 0 Å². The normalized spacial score (nSPS) is 12.1. The van der Waals surface area contributed by atoms with Crippen LogP contribution in [-0.2, 0) is 0 Å². The molecule has 2 nitrogen and oxygen atoms in total. The third-order valence-electron chi connectivity index (χ3n) is 3.29. The second kappa shape index (κ2) is 6.31. The van der Waals surface area contributed by atoms with Crippen molar-refractivity contribution in [2.75, 3.05) is 12.4 Å². The van der Waals surface area contributed by atoms with Gasteiger partial charge in [0.1, 0.15) is 5.75 Å². The molecule has 2 aromatic carbocycles. The van der Waals surface area contributed by atoms with Crippen molar-refractivity contribution in [1.29, 1.82) is 0 Å². The predicted octanol–water partition coefficient (Wildman–Crippen LogP) is 5.25. The maximum atomic E-state index is 5.27. The molecular weight excluding hydrogens is 314 g/mol. The minimum Gasteiger partial charge on any atom is -0.497 e. The molecule has 0 aliphatic rings. The molecule has 0 amide bonds. The molecule has 20 heavy (non-hydrogen) atoms. The SMILES string of the molecule is COc1ccc(Br)c(NC(C)c2cc(C)cc(C)c2)c1. The number of nitrogens with one attached hydrogen (secondary N) is 1. The van der Waals surface area contributed by atoms with E-state index in [0.717, 1.165) is 15.9 Å². The zero-order valence-corrected chi connectivity index (χ0v) is 13.9. The van der Waals surface area contributed by atoms with Gasteiger partial charge in [-0.05, 0) is 54.4 Å². The smallest absolute Gasteiger partial charge is 0.121 e. The number of benzene rings is 2. The Labute approximate surface area is 129 Å². The van der Waals surface area contributed by atoms with Crippen molar-refractivity contribution in [2.45, 2.75) is 26.8 Å². The Kier molecular flexibility index (Phi) is 4.71. The van der Waals surface area contributed by atoms with Gasteiger partial charge in [0.25, 0.3) is 0 Å². The summed E-state index contributed by atoms with van der Waals surface area (Å²) in [5, 5.41) is 3.53. The molecule has 0 bridgehead atoms. The van der Waals surface area contributed by atoms with E-state index in [2.05, 4.69) is 60.2 Å². The largest absolute Gasteiger partial charge is 0.497 e. The summed E-state index contributed by atoms with van der Waals surface area (Å²) in [5.74, 6) is 0.850. The fourth-order valence-corrected chi connectivity index (χ4v) is 2.68. The average molecular weight is 334 g/mol. The quantitative estimate of drug-likeness (QED) is 0.825. The number of rotatable bonds is 4. The van der Waals surface area contributed by atoms with Crippen molar-refractivity contribution in [3.05, 3.63) is 57.6 Å². The van der Waals surface area contributed by atoms with Crippen molar-refractivity contribution < 1.29 is 4.74 Å². The summed E-state index contributed by atoms with van der Waals surface area (Å²) in [5.41, 5.74) is 4.91. The highest BCUT2D eigenvalue weighted by atomic mass is 79.9. The van der Waals surface area contributed by atoms with Gasteiger partial charge in [-0.3, -0.25) is 0 Å². The van der Waals surface area contributed by atoms with Gasteiger partial charge in [-0.1, -0.05) is 29.3 Å². The molecule has 106 valence electrons. The number of anilines is 1. The lowest BCUT2D eigenvalue weighted by Crippen LogP contribution is -2.07. The molecule has 1 unspecified atom stereocenters. The first kappa shape index (κ1) is 14.9. The van der Waals surface area contributed by atoms with Crippen molar-refractivity contribution in [3.63, 3.8) is 0 Å². The van der Waals surface area contributed by atoms with Crippen LogP contribution in [0.1, 0.15) is 29.7 Å². The summed E-state index contributed by atoms with van der Waals surface area (Å²) in [6.45, 7) is 6.43. The van der Waals surface area contributed by atoms with Crippen LogP contribution in [0, 0.1) is 13.8 Å². The highest BCUT2D eigenvalue weighted by molar-refractivity contribution is 9.10. The lowest BCUT2D eigenvalue weighted by atomic mass is 10.0. The number of hydrogen-bond acceptors (Lipinski definition) is 2. The van der Waals surface area contributed by atoms with Crippen LogP contribution >= 0.6 is 15.9 Å². The van der Waals surface area contributed by atoms with Crippen LogP contribution in [-0.4, -0.2) is 7.11 Å². The summed E-state index contributed by atoms with van der Waals surface area (Å²) in [7, 11) is 1.68. The number of ether oxygens (including phenoxy) is 1. The second-order valence-electron chi connectivity index (χ2n) is 5.13. The van der Waals surface area contributed by atoms with Gasteiger partial charge >= 0.3 is 0 Å². The molecule has 2 aromatic rings. The minimum atomic E-state index is 0.233. The lowest BCUT2D eigenvalue weighted by molar-refractivity contribution is 0.415. The fraction of sp³-hybridized carbons (Fsp3) is 0.294. The van der Waals surface area contributed by atoms with Crippen molar-refractivity contribution in [1.82, 2.24) is 0 Å². The van der Waals surface area contributed by atoms with E-state index in [-0.39, 0.29) is 6.04 Å². The van der Waals surface area contributed by atoms with Crippen LogP contribution in [0.2, 0.25) is 0 Å². The Bertz CT molecular complexity index is 590. The van der Waals surface area contributed by atoms with Gasteiger partial charge in [-0.15, -0.1) is 0 Å². The molecule has 1 N–H and O–H groups in total. The molecular formula is C17H20BrNO. The van der Waals surface area contributed by atoms with Gasteiger partial charge in [0.05, 0.1) is 12.8 Å². The van der Waals surface area contributed by atoms with Gasteiger partial charge in [0.15, 0.2) is 0 Å². The molecule has 0 heterocycles. The molecule has 0 aliphatic carbocycles. The van der Waals surface area contributed by atoms with Gasteiger partial charge in [-0.25, -0.2) is 0 Å². The first-order valence-electron chi connectivity index (χ1n) is 6.68. The third-order valence-corrected chi connectivity index (χ3v) is 3.98. The Morgan fingerprint density at radius 3 is 2.30 bits per heavy atom. The predicted molar refractivity (Wildman–Crippen MR) is 88.6 cm³/mol. The van der Waals surface area contributed by atoms with Crippen LogP contribution in [0.25, 0.3) is 0 Å². The van der Waals surface area contributed by atoms with E-state index < -0.39 is 0 Å². The fourth-order valence-electron chi connectivity index (χ4n) is 2.32. The third kappa shape index (κ3) is 3.54. The Morgan fingerprint density at radius 2 is 1.70 bits per heavy atom. The molecule has 0 radical (unpaired) electrons. The van der Waals surface area contributed by atoms with E-state index in [9.17, 15) is 0 Å². The Morgan fingerprint density at radius 1 is 1.05 bits per heavy atom. The summed E-state index contributed by atoms with van der Waals surface area (Å²) in [4.78, 5) is 0. The van der Waals surface area contributed by atoms with E-state index in [1.165, 1.54) is 16.7 Å². The number of hydrogen-bond donors (Lipinski definition) is 1. The van der Waals surface area contributed by atoms with Crippen molar-refractivity contribution in [2.24, 2.45) is 0 Å². The van der Waals surface area contributed by atoms with Crippen LogP contribution < -0.4 is 10.1 Å². The Hall–Kier alpha value is -1.48. The van der Waals surface area contributed by atoms with Crippen LogP contribution in [0.3, 0.4) is 0 Å². The van der Waals surface area contributed by atoms with E-state index >= 15 is 0 Å². The standard InChI is InChI=1S/C17H20BrNO/c1-11-7-12(2)9-14(8-11)13(3)19-17-10-15(20-4)5-6-16(17)18/h5-10,13,19H,1-4H3. The summed E-state index contributed by atoms with van der Waals surface area (Å²) >= 11 is 3.57. The van der Waals surface area contributed by atoms with Crippen molar-refractivity contribution >= 4 is 21.6 Å². The van der Waals surface area contributed by atoms with E-state index in [1.54, 1.807) is 7.11 Å². The minimum absolute atomic E-state index is 0.233. The van der Waals surface area contributed by atoms with E-state index in [0.29, 0.717) is 0 Å². The molecule has 2 rings (SSSR count). The molecule has 0 fully saturated rings. The molecule has 0 aromatic heterocycles. The van der Waals surface area contributed by atoms with E-state index in [1.807, 2.05) is 18.2 Å². The zero-order chi connectivity index (χ0) is 14.7. The van der Waals surface area contributed by atoms with Gasteiger partial charge in [0, 0.05) is 16.6 Å². The van der Waals surface area contributed by atoms with Crippen LogP contribution in [0.4, 0.5) is 5.69 Å². The second-order valence-corrected chi connectivity index (χ2v) is 5.99. The number of halogens is 1. The molecule has 0 spiro atoms. The monoisotopic (exact) mass is 333 g/mol. The maximum Gasteiger partial charge on any atom is 0.121 e. The first-order chi connectivity index (χ1) is 9.49. The molecule has 0 saturated heterocycles. The number of methoxy groups -OCH3 is 1. The summed E-state index contributed by atoms with van der Waals surface area (Å²) in [6, 6.07) is 12.8. The first-order valence-corrected chi connectivity index (χ1v) is 7.47. The van der Waals surface area contributed by atoms with Crippen LogP contribution in [0.5, 0.6) is 5.75 Å². The van der Waals surface area contributed by atoms with Crippen LogP contribution in [0.15, 0.2) is 40.9 Å². The van der Waals surface area contributed by atoms with E-state index in [4.69, 9.17) is 4.74 Å². The molecule has 0 saturated carbocycles. The van der Waals surface area contributed by atoms with Crippen molar-refractivity contribution in [3.8, 4) is 5.75 Å². The Balaban J connectivity index is 2.24. The van der Waals surface area contributed by atoms with Gasteiger partial charge in [-0.2, -0.15) is 0 Å². The average Bonchev–Trinajstić information content (AvgIpc) is 2.40. The topological polar surface area (TPSA) is 21.3 Å². The molecule has 0 aliphatic heterocycles. The summed E-state index contributed by atoms with van der Waals surface area (Å²) < 4.78 is 6.31. The highest BCUT2D eigenvalue weighted by Gasteiger charge is 2.09. The van der Waals surface area contributed by atoms with Gasteiger partial charge < -0.3 is 10.1 Å². The number of aryl methyl sites for hydroxylation is 2. The lowest BCUT2D eigenvalue weighted by Gasteiger charge is -2.18. The zero-order valence-electron chi connectivity index (χ0n) is 12.3.